The molecular formula is C8H15N3O2S. The number of nitrogens with zero attached hydrogens (tertiary/aromatic N) is 2. The third-order valence-electron chi connectivity index (χ3n) is 1.48. The normalized spacial score (nSPS) is 12.8. The van der Waals surface area contributed by atoms with E-state index < -0.39 is 0 Å². The lowest BCUT2D eigenvalue weighted by atomic mass is 10.4. The summed E-state index contributed by atoms with van der Waals surface area (Å²) in [7, 11) is 0. The minimum atomic E-state index is -0.00600. The molecule has 1 atom stereocenters. The van der Waals surface area contributed by atoms with E-state index in [1.807, 2.05) is 13.8 Å². The lowest BCUT2D eigenvalue weighted by molar-refractivity contribution is 0.0652. The van der Waals surface area contributed by atoms with Crippen molar-refractivity contribution < 1.29 is 9.47 Å². The summed E-state index contributed by atoms with van der Waals surface area (Å²) in [4.78, 5) is 0. The third kappa shape index (κ3) is 3.57. The molecule has 6 heteroatoms. The summed E-state index contributed by atoms with van der Waals surface area (Å²) in [6, 6.07) is 0. The molecule has 0 saturated carbocycles. The van der Waals surface area contributed by atoms with Gasteiger partial charge in [-0.25, -0.2) is 0 Å². The second-order valence-corrected chi connectivity index (χ2v) is 3.78. The summed E-state index contributed by atoms with van der Waals surface area (Å²) >= 11 is 1.37. The maximum Gasteiger partial charge on any atom is 0.294 e. The molecule has 0 fully saturated rings. The van der Waals surface area contributed by atoms with Gasteiger partial charge in [-0.2, -0.15) is 0 Å². The van der Waals surface area contributed by atoms with Gasteiger partial charge in [0.1, 0.15) is 11.1 Å². The van der Waals surface area contributed by atoms with E-state index in [0.717, 1.165) is 5.01 Å². The van der Waals surface area contributed by atoms with E-state index in [1.54, 1.807) is 0 Å². The molecule has 1 aromatic rings. The molecule has 0 amide bonds. The highest BCUT2D eigenvalue weighted by Gasteiger charge is 2.08. The fourth-order valence-corrected chi connectivity index (χ4v) is 1.52. The number of hydrogen-bond acceptors (Lipinski definition) is 6. The highest BCUT2D eigenvalue weighted by Crippen LogP contribution is 2.18. The molecule has 14 heavy (non-hydrogen) atoms. The predicted molar refractivity (Wildman–Crippen MR) is 54.4 cm³/mol. The van der Waals surface area contributed by atoms with Gasteiger partial charge in [0.2, 0.25) is 0 Å². The molecule has 0 radical (unpaired) electrons. The van der Waals surface area contributed by atoms with Gasteiger partial charge in [-0.05, 0) is 13.8 Å². The standard InChI is InChI=1S/C8H15N3O2S/c1-3-12-5-6(2)13-8-11-10-7(4-9)14-8/h6H,3-5,9H2,1-2H3. The second kappa shape index (κ2) is 5.90. The van der Waals surface area contributed by atoms with Gasteiger partial charge in [-0.1, -0.05) is 16.4 Å². The Morgan fingerprint density at radius 3 is 2.86 bits per heavy atom. The van der Waals surface area contributed by atoms with E-state index in [4.69, 9.17) is 15.2 Å². The molecule has 0 aliphatic carbocycles. The number of ether oxygens (including phenoxy) is 2. The molecule has 0 aliphatic rings. The number of hydrogen-bond donors (Lipinski definition) is 1. The Morgan fingerprint density at radius 2 is 2.29 bits per heavy atom. The van der Waals surface area contributed by atoms with Gasteiger partial charge < -0.3 is 15.2 Å². The van der Waals surface area contributed by atoms with Gasteiger partial charge in [-0.3, -0.25) is 0 Å². The van der Waals surface area contributed by atoms with Crippen molar-refractivity contribution in [3.8, 4) is 5.19 Å². The number of aromatic nitrogens is 2. The Morgan fingerprint density at radius 1 is 1.50 bits per heavy atom. The van der Waals surface area contributed by atoms with Gasteiger partial charge in [0, 0.05) is 13.2 Å². The molecular weight excluding hydrogens is 202 g/mol. The topological polar surface area (TPSA) is 70.3 Å². The maximum atomic E-state index is 5.46. The zero-order chi connectivity index (χ0) is 10.4. The Labute approximate surface area is 87.2 Å². The van der Waals surface area contributed by atoms with Crippen LogP contribution in [0.25, 0.3) is 0 Å². The molecule has 1 heterocycles. The van der Waals surface area contributed by atoms with Crippen LogP contribution in [0.3, 0.4) is 0 Å². The first-order chi connectivity index (χ1) is 6.76. The van der Waals surface area contributed by atoms with Crippen LogP contribution < -0.4 is 10.5 Å². The zero-order valence-electron chi connectivity index (χ0n) is 8.40. The Balaban J connectivity index is 2.35. The van der Waals surface area contributed by atoms with Crippen molar-refractivity contribution in [3.05, 3.63) is 5.01 Å². The highest BCUT2D eigenvalue weighted by atomic mass is 32.1. The van der Waals surface area contributed by atoms with Crippen LogP contribution in [-0.2, 0) is 11.3 Å². The molecule has 1 unspecified atom stereocenters. The van der Waals surface area contributed by atoms with Crippen LogP contribution in [0.15, 0.2) is 0 Å². The smallest absolute Gasteiger partial charge is 0.294 e. The summed E-state index contributed by atoms with van der Waals surface area (Å²) in [6.45, 7) is 5.54. The van der Waals surface area contributed by atoms with Crippen molar-refractivity contribution in [3.63, 3.8) is 0 Å². The van der Waals surface area contributed by atoms with Crippen molar-refractivity contribution in [1.82, 2.24) is 10.2 Å². The van der Waals surface area contributed by atoms with E-state index in [9.17, 15) is 0 Å². The fraction of sp³-hybridized carbons (Fsp3) is 0.750. The molecule has 80 valence electrons. The zero-order valence-corrected chi connectivity index (χ0v) is 9.21. The Bertz CT molecular complexity index is 267. The van der Waals surface area contributed by atoms with Gasteiger partial charge in [0.25, 0.3) is 5.19 Å². The van der Waals surface area contributed by atoms with Crippen LogP contribution in [0.5, 0.6) is 5.19 Å². The average Bonchev–Trinajstić information content (AvgIpc) is 2.62. The average molecular weight is 217 g/mol. The van der Waals surface area contributed by atoms with Crippen LogP contribution in [0.1, 0.15) is 18.9 Å². The number of rotatable bonds is 6. The second-order valence-electron chi connectivity index (χ2n) is 2.75. The van der Waals surface area contributed by atoms with E-state index in [2.05, 4.69) is 10.2 Å². The molecule has 0 spiro atoms. The molecule has 0 aromatic carbocycles. The molecule has 1 rings (SSSR count). The predicted octanol–water partition coefficient (Wildman–Crippen LogP) is 0.801. The monoisotopic (exact) mass is 217 g/mol. The van der Waals surface area contributed by atoms with E-state index >= 15 is 0 Å². The summed E-state index contributed by atoms with van der Waals surface area (Å²) in [5.74, 6) is 0. The van der Waals surface area contributed by atoms with Crippen LogP contribution in [0.2, 0.25) is 0 Å². The van der Waals surface area contributed by atoms with Crippen LogP contribution in [0, 0.1) is 0 Å². The summed E-state index contributed by atoms with van der Waals surface area (Å²) in [5, 5.41) is 9.03. The van der Waals surface area contributed by atoms with Crippen LogP contribution in [0.4, 0.5) is 0 Å². The van der Waals surface area contributed by atoms with Crippen molar-refractivity contribution in [2.45, 2.75) is 26.5 Å². The van der Waals surface area contributed by atoms with Crippen LogP contribution in [-0.4, -0.2) is 29.5 Å². The lowest BCUT2D eigenvalue weighted by Gasteiger charge is -2.10. The van der Waals surface area contributed by atoms with Crippen molar-refractivity contribution in [2.24, 2.45) is 5.73 Å². The highest BCUT2D eigenvalue weighted by molar-refractivity contribution is 7.13. The first-order valence-corrected chi connectivity index (χ1v) is 5.34. The first kappa shape index (κ1) is 11.4. The summed E-state index contributed by atoms with van der Waals surface area (Å²) < 4.78 is 10.7. The first-order valence-electron chi connectivity index (χ1n) is 4.53. The SMILES string of the molecule is CCOCC(C)Oc1nnc(CN)s1. The van der Waals surface area contributed by atoms with Gasteiger partial charge in [-0.15, -0.1) is 5.10 Å². The van der Waals surface area contributed by atoms with E-state index in [0.29, 0.717) is 25.0 Å². The molecule has 0 bridgehead atoms. The summed E-state index contributed by atoms with van der Waals surface area (Å²) in [5.41, 5.74) is 5.40. The largest absolute Gasteiger partial charge is 0.463 e. The Kier molecular flexibility index (Phi) is 4.78. The van der Waals surface area contributed by atoms with E-state index in [1.165, 1.54) is 11.3 Å². The van der Waals surface area contributed by atoms with E-state index in [-0.39, 0.29) is 6.10 Å². The molecule has 1 aromatic heterocycles. The Hall–Kier alpha value is -0.720. The van der Waals surface area contributed by atoms with Crippen molar-refractivity contribution in [2.75, 3.05) is 13.2 Å². The maximum absolute atomic E-state index is 5.46. The fourth-order valence-electron chi connectivity index (χ4n) is 0.858. The van der Waals surface area contributed by atoms with Gasteiger partial charge in [0.15, 0.2) is 0 Å². The lowest BCUT2D eigenvalue weighted by Crippen LogP contribution is -2.18. The van der Waals surface area contributed by atoms with Gasteiger partial charge >= 0.3 is 0 Å². The van der Waals surface area contributed by atoms with Gasteiger partial charge in [0.05, 0.1) is 6.61 Å². The quantitative estimate of drug-likeness (QED) is 0.763. The minimum Gasteiger partial charge on any atom is -0.463 e. The molecule has 2 N–H and O–H groups in total. The van der Waals surface area contributed by atoms with Crippen molar-refractivity contribution >= 4 is 11.3 Å². The summed E-state index contributed by atoms with van der Waals surface area (Å²) in [6.07, 6.45) is -0.00600. The molecule has 0 aliphatic heterocycles. The molecule has 0 saturated heterocycles. The van der Waals surface area contributed by atoms with Crippen molar-refractivity contribution in [1.29, 1.82) is 0 Å². The minimum absolute atomic E-state index is 0.00600. The number of nitrogens with two attached hydrogens (primary N) is 1. The van der Waals surface area contributed by atoms with Crippen LogP contribution >= 0.6 is 11.3 Å². The third-order valence-corrected chi connectivity index (χ3v) is 2.32. The molecule has 5 nitrogen and oxygen atoms in total.